The standard InChI is InChI=1S/C18H19Cl2NO2/c1-10-7-12(3)17(15(20)8-10)21-18(22)13(4)23-16-6-5-14(19)9-11(16)2/h5-9,13H,1-4H3,(H,21,22)/t13-/m0/s1. The molecule has 0 aliphatic rings. The number of ether oxygens (including phenoxy) is 1. The molecule has 0 saturated carbocycles. The molecule has 0 aromatic heterocycles. The smallest absolute Gasteiger partial charge is 0.265 e. The van der Waals surface area contributed by atoms with E-state index >= 15 is 0 Å². The van der Waals surface area contributed by atoms with Gasteiger partial charge in [0.15, 0.2) is 6.10 Å². The number of halogens is 2. The molecule has 2 rings (SSSR count). The predicted molar refractivity (Wildman–Crippen MR) is 95.8 cm³/mol. The Morgan fingerprint density at radius 1 is 1.09 bits per heavy atom. The normalized spacial score (nSPS) is 11.9. The molecule has 23 heavy (non-hydrogen) atoms. The summed E-state index contributed by atoms with van der Waals surface area (Å²) in [6, 6.07) is 9.07. The molecule has 3 nitrogen and oxygen atoms in total. The zero-order chi connectivity index (χ0) is 17.1. The molecule has 0 bridgehead atoms. The van der Waals surface area contributed by atoms with Crippen LogP contribution in [-0.2, 0) is 4.79 Å². The van der Waals surface area contributed by atoms with Crippen LogP contribution in [0.2, 0.25) is 10.0 Å². The average Bonchev–Trinajstić information content (AvgIpc) is 2.45. The largest absolute Gasteiger partial charge is 0.481 e. The zero-order valence-electron chi connectivity index (χ0n) is 13.5. The van der Waals surface area contributed by atoms with Gasteiger partial charge in [-0.3, -0.25) is 4.79 Å². The predicted octanol–water partition coefficient (Wildman–Crippen LogP) is 5.32. The number of nitrogens with one attached hydrogen (secondary N) is 1. The van der Waals surface area contributed by atoms with Crippen LogP contribution in [-0.4, -0.2) is 12.0 Å². The van der Waals surface area contributed by atoms with Crippen molar-refractivity contribution in [2.24, 2.45) is 0 Å². The van der Waals surface area contributed by atoms with E-state index in [9.17, 15) is 4.79 Å². The van der Waals surface area contributed by atoms with Crippen LogP contribution in [0.5, 0.6) is 5.75 Å². The SMILES string of the molecule is Cc1cc(C)c(NC(=O)[C@H](C)Oc2ccc(Cl)cc2C)c(Cl)c1. The van der Waals surface area contributed by atoms with Gasteiger partial charge >= 0.3 is 0 Å². The van der Waals surface area contributed by atoms with Crippen LogP contribution < -0.4 is 10.1 Å². The Labute approximate surface area is 146 Å². The van der Waals surface area contributed by atoms with Crippen molar-refractivity contribution < 1.29 is 9.53 Å². The Bertz CT molecular complexity index is 721. The first kappa shape index (κ1) is 17.6. The van der Waals surface area contributed by atoms with Crippen LogP contribution >= 0.6 is 23.2 Å². The lowest BCUT2D eigenvalue weighted by molar-refractivity contribution is -0.122. The maximum absolute atomic E-state index is 12.4. The molecule has 1 amide bonds. The number of amides is 1. The molecule has 0 aliphatic carbocycles. The van der Waals surface area contributed by atoms with Crippen LogP contribution in [0, 0.1) is 20.8 Å². The molecule has 2 aromatic rings. The lowest BCUT2D eigenvalue weighted by atomic mass is 10.1. The number of anilines is 1. The molecule has 0 radical (unpaired) electrons. The first-order chi connectivity index (χ1) is 10.8. The van der Waals surface area contributed by atoms with Gasteiger partial charge in [0.05, 0.1) is 10.7 Å². The van der Waals surface area contributed by atoms with E-state index in [4.69, 9.17) is 27.9 Å². The average molecular weight is 352 g/mol. The van der Waals surface area contributed by atoms with Gasteiger partial charge in [0, 0.05) is 5.02 Å². The fourth-order valence-corrected chi connectivity index (χ4v) is 2.88. The van der Waals surface area contributed by atoms with E-state index in [1.54, 1.807) is 25.1 Å². The van der Waals surface area contributed by atoms with Crippen molar-refractivity contribution in [2.75, 3.05) is 5.32 Å². The topological polar surface area (TPSA) is 38.3 Å². The number of hydrogen-bond donors (Lipinski definition) is 1. The highest BCUT2D eigenvalue weighted by Gasteiger charge is 2.18. The quantitative estimate of drug-likeness (QED) is 0.808. The molecule has 0 fully saturated rings. The van der Waals surface area contributed by atoms with E-state index in [2.05, 4.69) is 5.32 Å². The van der Waals surface area contributed by atoms with Crippen molar-refractivity contribution in [3.63, 3.8) is 0 Å². The van der Waals surface area contributed by atoms with Crippen molar-refractivity contribution in [1.82, 2.24) is 0 Å². The molecular formula is C18H19Cl2NO2. The molecule has 0 aliphatic heterocycles. The Kier molecular flexibility index (Phi) is 5.55. The Hall–Kier alpha value is -1.71. The second kappa shape index (κ2) is 7.24. The van der Waals surface area contributed by atoms with Crippen molar-refractivity contribution in [1.29, 1.82) is 0 Å². The van der Waals surface area contributed by atoms with Gasteiger partial charge in [0.25, 0.3) is 5.91 Å². The van der Waals surface area contributed by atoms with Gasteiger partial charge in [0.2, 0.25) is 0 Å². The van der Waals surface area contributed by atoms with Gasteiger partial charge in [-0.1, -0.05) is 29.3 Å². The first-order valence-electron chi connectivity index (χ1n) is 7.28. The monoisotopic (exact) mass is 351 g/mol. The summed E-state index contributed by atoms with van der Waals surface area (Å²) in [6.07, 6.45) is -0.661. The number of hydrogen-bond acceptors (Lipinski definition) is 2. The van der Waals surface area contributed by atoms with Crippen LogP contribution in [0.25, 0.3) is 0 Å². The molecule has 1 atom stereocenters. The summed E-state index contributed by atoms with van der Waals surface area (Å²) in [5.41, 5.74) is 3.46. The maximum Gasteiger partial charge on any atom is 0.265 e. The Morgan fingerprint density at radius 3 is 2.39 bits per heavy atom. The van der Waals surface area contributed by atoms with Crippen molar-refractivity contribution in [2.45, 2.75) is 33.8 Å². The maximum atomic E-state index is 12.4. The minimum absolute atomic E-state index is 0.256. The number of carbonyl (C=O) groups excluding carboxylic acids is 1. The molecule has 2 aromatic carbocycles. The second-order valence-corrected chi connectivity index (χ2v) is 6.44. The highest BCUT2D eigenvalue weighted by atomic mass is 35.5. The van der Waals surface area contributed by atoms with Crippen LogP contribution in [0.15, 0.2) is 30.3 Å². The third kappa shape index (κ3) is 4.40. The summed E-state index contributed by atoms with van der Waals surface area (Å²) in [4.78, 5) is 12.4. The number of carbonyl (C=O) groups is 1. The highest BCUT2D eigenvalue weighted by Crippen LogP contribution is 2.28. The van der Waals surface area contributed by atoms with Gasteiger partial charge < -0.3 is 10.1 Å². The van der Waals surface area contributed by atoms with E-state index < -0.39 is 6.10 Å². The van der Waals surface area contributed by atoms with Gasteiger partial charge in [-0.05, 0) is 68.7 Å². The van der Waals surface area contributed by atoms with E-state index in [-0.39, 0.29) is 5.91 Å². The molecule has 0 heterocycles. The number of benzene rings is 2. The lowest BCUT2D eigenvalue weighted by Crippen LogP contribution is -2.30. The van der Waals surface area contributed by atoms with Crippen molar-refractivity contribution in [3.8, 4) is 5.75 Å². The third-order valence-electron chi connectivity index (χ3n) is 3.49. The van der Waals surface area contributed by atoms with Crippen LogP contribution in [0.1, 0.15) is 23.6 Å². The number of rotatable bonds is 4. The molecule has 0 unspecified atom stereocenters. The van der Waals surface area contributed by atoms with Gasteiger partial charge in [-0.25, -0.2) is 0 Å². The van der Waals surface area contributed by atoms with Gasteiger partial charge in [-0.2, -0.15) is 0 Å². The fourth-order valence-electron chi connectivity index (χ4n) is 2.29. The fraction of sp³-hybridized carbons (Fsp3) is 0.278. The van der Waals surface area contributed by atoms with Gasteiger partial charge in [0.1, 0.15) is 5.75 Å². The summed E-state index contributed by atoms with van der Waals surface area (Å²) < 4.78 is 5.72. The molecule has 0 spiro atoms. The zero-order valence-corrected chi connectivity index (χ0v) is 15.0. The van der Waals surface area contributed by atoms with E-state index in [0.29, 0.717) is 21.5 Å². The summed E-state index contributed by atoms with van der Waals surface area (Å²) in [6.45, 7) is 7.44. The first-order valence-corrected chi connectivity index (χ1v) is 8.04. The van der Waals surface area contributed by atoms with Crippen LogP contribution in [0.4, 0.5) is 5.69 Å². The van der Waals surface area contributed by atoms with Crippen LogP contribution in [0.3, 0.4) is 0 Å². The van der Waals surface area contributed by atoms with Crippen molar-refractivity contribution in [3.05, 3.63) is 57.1 Å². The molecular weight excluding hydrogens is 333 g/mol. The summed E-state index contributed by atoms with van der Waals surface area (Å²) in [5.74, 6) is 0.372. The summed E-state index contributed by atoms with van der Waals surface area (Å²) >= 11 is 12.1. The number of aryl methyl sites for hydroxylation is 3. The second-order valence-electron chi connectivity index (χ2n) is 5.60. The van der Waals surface area contributed by atoms with E-state index in [1.807, 2.05) is 32.9 Å². The minimum Gasteiger partial charge on any atom is -0.481 e. The Balaban J connectivity index is 2.11. The molecule has 0 saturated heterocycles. The minimum atomic E-state index is -0.661. The van der Waals surface area contributed by atoms with Crippen molar-refractivity contribution >= 4 is 34.8 Å². The van der Waals surface area contributed by atoms with Gasteiger partial charge in [-0.15, -0.1) is 0 Å². The summed E-state index contributed by atoms with van der Waals surface area (Å²) in [5, 5.41) is 3.99. The third-order valence-corrected chi connectivity index (χ3v) is 4.02. The van der Waals surface area contributed by atoms with E-state index in [1.165, 1.54) is 0 Å². The molecule has 1 N–H and O–H groups in total. The molecule has 5 heteroatoms. The highest BCUT2D eigenvalue weighted by molar-refractivity contribution is 6.34. The molecule has 122 valence electrons. The lowest BCUT2D eigenvalue weighted by Gasteiger charge is -2.18. The Morgan fingerprint density at radius 2 is 1.78 bits per heavy atom. The van der Waals surface area contributed by atoms with E-state index in [0.717, 1.165) is 16.7 Å². The summed E-state index contributed by atoms with van der Waals surface area (Å²) in [7, 11) is 0.